The Morgan fingerprint density at radius 3 is 1.79 bits per heavy atom. The van der Waals surface area contributed by atoms with Crippen LogP contribution in [-0.2, 0) is 17.8 Å². The highest BCUT2D eigenvalue weighted by atomic mass is 19.3. The predicted molar refractivity (Wildman–Crippen MR) is 87.5 cm³/mol. The van der Waals surface area contributed by atoms with Gasteiger partial charge in [-0.15, -0.1) is 0 Å². The van der Waals surface area contributed by atoms with E-state index in [4.69, 9.17) is 5.73 Å². The van der Waals surface area contributed by atoms with Crippen molar-refractivity contribution < 1.29 is 18.3 Å². The van der Waals surface area contributed by atoms with Crippen molar-refractivity contribution in [3.8, 4) is 0 Å². The Morgan fingerprint density at radius 1 is 0.958 bits per heavy atom. The van der Waals surface area contributed by atoms with Crippen LogP contribution in [-0.4, -0.2) is 30.1 Å². The van der Waals surface area contributed by atoms with Crippen LogP contribution in [0, 0.1) is 0 Å². The second-order valence-electron chi connectivity index (χ2n) is 5.45. The first-order chi connectivity index (χ1) is 11.5. The normalized spacial score (nSPS) is 12.3. The van der Waals surface area contributed by atoms with Crippen molar-refractivity contribution in [3.63, 3.8) is 0 Å². The summed E-state index contributed by atoms with van der Waals surface area (Å²) in [6.45, 7) is 0.812. The lowest BCUT2D eigenvalue weighted by molar-refractivity contribution is -0.0335. The number of hydrogen-bond acceptors (Lipinski definition) is 3. The minimum atomic E-state index is -2.80. The number of rotatable bonds is 8. The van der Waals surface area contributed by atoms with E-state index >= 15 is 0 Å². The summed E-state index contributed by atoms with van der Waals surface area (Å²) in [6, 6.07) is 19.0. The zero-order chi connectivity index (χ0) is 17.4. The molecule has 0 aliphatic carbocycles. The highest BCUT2D eigenvalue weighted by Crippen LogP contribution is 2.14. The maximum Gasteiger partial charge on any atom is 0.405 e. The highest BCUT2D eigenvalue weighted by Gasteiger charge is 2.26. The Labute approximate surface area is 139 Å². The number of carbonyl (C=O) groups is 1. The largest absolute Gasteiger partial charge is 0.439 e. The van der Waals surface area contributed by atoms with E-state index in [-0.39, 0.29) is 6.54 Å². The van der Waals surface area contributed by atoms with Crippen molar-refractivity contribution in [1.82, 2.24) is 4.90 Å². The first kappa shape index (κ1) is 17.9. The molecular formula is C18H20F2N2O2. The number of halogens is 2. The molecule has 2 N–H and O–H groups in total. The van der Waals surface area contributed by atoms with E-state index in [1.165, 1.54) is 0 Å². The maximum absolute atomic E-state index is 13.1. The third-order valence-corrected chi connectivity index (χ3v) is 3.48. The number of hydrogen-bond donors (Lipinski definition) is 1. The fourth-order valence-corrected chi connectivity index (χ4v) is 2.44. The first-order valence-electron chi connectivity index (χ1n) is 7.59. The van der Waals surface area contributed by atoms with Crippen LogP contribution in [0.5, 0.6) is 0 Å². The van der Waals surface area contributed by atoms with Gasteiger partial charge in [-0.05, 0) is 11.1 Å². The Hall–Kier alpha value is -2.47. The molecule has 6 heteroatoms. The van der Waals surface area contributed by atoms with Crippen LogP contribution in [0.4, 0.5) is 13.6 Å². The van der Waals surface area contributed by atoms with Gasteiger partial charge >= 0.3 is 6.09 Å². The van der Waals surface area contributed by atoms with Gasteiger partial charge in [0, 0.05) is 19.6 Å². The number of carbonyl (C=O) groups excluding carboxylic acids is 1. The minimum Gasteiger partial charge on any atom is -0.439 e. The summed E-state index contributed by atoms with van der Waals surface area (Å²) in [5.74, 6) is 0. The fourth-order valence-electron chi connectivity index (χ4n) is 2.44. The summed E-state index contributed by atoms with van der Waals surface area (Å²) in [4.78, 5) is 12.7. The maximum atomic E-state index is 13.1. The van der Waals surface area contributed by atoms with Crippen molar-refractivity contribution in [2.75, 3.05) is 6.54 Å². The van der Waals surface area contributed by atoms with Gasteiger partial charge in [0.2, 0.25) is 0 Å². The van der Waals surface area contributed by atoms with Crippen LogP contribution < -0.4 is 5.73 Å². The predicted octanol–water partition coefficient (Wildman–Crippen LogP) is 3.42. The van der Waals surface area contributed by atoms with E-state index in [1.807, 2.05) is 65.6 Å². The zero-order valence-corrected chi connectivity index (χ0v) is 13.1. The Bertz CT molecular complexity index is 582. The molecule has 24 heavy (non-hydrogen) atoms. The number of amides is 1. The lowest BCUT2D eigenvalue weighted by Crippen LogP contribution is -2.39. The van der Waals surface area contributed by atoms with Crippen molar-refractivity contribution >= 4 is 6.09 Å². The van der Waals surface area contributed by atoms with Crippen molar-refractivity contribution in [3.05, 3.63) is 71.8 Å². The number of alkyl halides is 2. The van der Waals surface area contributed by atoms with Gasteiger partial charge in [0.25, 0.3) is 6.43 Å². The molecule has 2 aromatic carbocycles. The smallest absolute Gasteiger partial charge is 0.405 e. The Balaban J connectivity index is 2.12. The van der Waals surface area contributed by atoms with Crippen molar-refractivity contribution in [2.24, 2.45) is 5.73 Å². The van der Waals surface area contributed by atoms with Gasteiger partial charge in [-0.3, -0.25) is 4.90 Å². The number of nitrogens with two attached hydrogens (primary N) is 1. The van der Waals surface area contributed by atoms with Gasteiger partial charge in [-0.1, -0.05) is 60.7 Å². The molecular weight excluding hydrogens is 314 g/mol. The number of nitrogens with zero attached hydrogens (tertiary/aromatic N) is 1. The van der Waals surface area contributed by atoms with Gasteiger partial charge in [-0.2, -0.15) is 0 Å². The van der Waals surface area contributed by atoms with Gasteiger partial charge < -0.3 is 10.5 Å². The molecule has 4 nitrogen and oxygen atoms in total. The summed E-state index contributed by atoms with van der Waals surface area (Å²) in [7, 11) is 0. The molecule has 0 heterocycles. The molecule has 0 fully saturated rings. The van der Waals surface area contributed by atoms with Crippen LogP contribution in [0.3, 0.4) is 0 Å². The van der Waals surface area contributed by atoms with E-state index in [2.05, 4.69) is 4.74 Å². The summed E-state index contributed by atoms with van der Waals surface area (Å²) in [5.41, 5.74) is 6.87. The topological polar surface area (TPSA) is 55.6 Å². The van der Waals surface area contributed by atoms with E-state index in [0.717, 1.165) is 11.1 Å². The van der Waals surface area contributed by atoms with E-state index in [0.29, 0.717) is 13.1 Å². The molecule has 2 aromatic rings. The van der Waals surface area contributed by atoms with Crippen LogP contribution >= 0.6 is 0 Å². The lowest BCUT2D eigenvalue weighted by atomic mass is 10.1. The van der Waals surface area contributed by atoms with Crippen LogP contribution in [0.25, 0.3) is 0 Å². The molecule has 2 rings (SSSR count). The zero-order valence-electron chi connectivity index (χ0n) is 13.1. The van der Waals surface area contributed by atoms with E-state index < -0.39 is 18.6 Å². The Morgan fingerprint density at radius 2 is 1.42 bits per heavy atom. The van der Waals surface area contributed by atoms with Crippen LogP contribution in [0.1, 0.15) is 11.1 Å². The molecule has 0 saturated heterocycles. The average molecular weight is 334 g/mol. The molecule has 0 saturated carbocycles. The monoisotopic (exact) mass is 334 g/mol. The van der Waals surface area contributed by atoms with Gasteiger partial charge in [-0.25, -0.2) is 13.6 Å². The fraction of sp³-hybridized carbons (Fsp3) is 0.278. The third kappa shape index (κ3) is 5.96. The lowest BCUT2D eigenvalue weighted by Gasteiger charge is -2.27. The van der Waals surface area contributed by atoms with Crippen LogP contribution in [0.2, 0.25) is 0 Å². The van der Waals surface area contributed by atoms with E-state index in [9.17, 15) is 13.6 Å². The summed E-state index contributed by atoms with van der Waals surface area (Å²) >= 11 is 0. The SMILES string of the molecule is NC(=O)OC(CN(Cc1ccccc1)Cc1ccccc1)C(F)F. The molecule has 0 spiro atoms. The van der Waals surface area contributed by atoms with Crippen molar-refractivity contribution in [1.29, 1.82) is 0 Å². The molecule has 0 aliphatic rings. The number of primary amides is 1. The average Bonchev–Trinajstić information content (AvgIpc) is 2.55. The molecule has 1 amide bonds. The molecule has 0 bridgehead atoms. The molecule has 0 radical (unpaired) electrons. The van der Waals surface area contributed by atoms with Crippen molar-refractivity contribution in [2.45, 2.75) is 25.6 Å². The summed E-state index contributed by atoms with van der Waals surface area (Å²) < 4.78 is 30.8. The standard InChI is InChI=1S/C18H20F2N2O2/c19-17(20)16(24-18(21)23)13-22(11-14-7-3-1-4-8-14)12-15-9-5-2-6-10-15/h1-10,16-17H,11-13H2,(H2,21,23). The van der Waals surface area contributed by atoms with Gasteiger partial charge in [0.15, 0.2) is 6.10 Å². The Kier molecular flexibility index (Phi) is 6.69. The molecule has 1 atom stereocenters. The molecule has 128 valence electrons. The number of benzene rings is 2. The minimum absolute atomic E-state index is 0.107. The molecule has 1 unspecified atom stereocenters. The third-order valence-electron chi connectivity index (χ3n) is 3.48. The van der Waals surface area contributed by atoms with Gasteiger partial charge in [0.1, 0.15) is 0 Å². The quantitative estimate of drug-likeness (QED) is 0.805. The second kappa shape index (κ2) is 8.98. The number of ether oxygens (including phenoxy) is 1. The first-order valence-corrected chi connectivity index (χ1v) is 7.59. The van der Waals surface area contributed by atoms with E-state index in [1.54, 1.807) is 0 Å². The van der Waals surface area contributed by atoms with Gasteiger partial charge in [0.05, 0.1) is 0 Å². The molecule has 0 aliphatic heterocycles. The summed E-state index contributed by atoms with van der Waals surface area (Å²) in [6.07, 6.45) is -5.55. The van der Waals surface area contributed by atoms with Crippen LogP contribution in [0.15, 0.2) is 60.7 Å². The molecule has 0 aromatic heterocycles. The summed E-state index contributed by atoms with van der Waals surface area (Å²) in [5, 5.41) is 0. The second-order valence-corrected chi connectivity index (χ2v) is 5.45. The highest BCUT2D eigenvalue weighted by molar-refractivity contribution is 5.64.